The molecule has 110 valence electrons. The lowest BCUT2D eigenvalue weighted by Crippen LogP contribution is -2.36. The van der Waals surface area contributed by atoms with Crippen LogP contribution in [-0.4, -0.2) is 16.9 Å². The molecule has 0 aliphatic heterocycles. The second-order valence-electron chi connectivity index (χ2n) is 4.76. The van der Waals surface area contributed by atoms with Gasteiger partial charge in [0.1, 0.15) is 5.69 Å². The van der Waals surface area contributed by atoms with Gasteiger partial charge in [0.05, 0.1) is 9.95 Å². The lowest BCUT2D eigenvalue weighted by atomic mass is 10.1. The summed E-state index contributed by atoms with van der Waals surface area (Å²) in [5, 5.41) is 13.7. The van der Waals surface area contributed by atoms with E-state index in [-0.39, 0.29) is 33.9 Å². The van der Waals surface area contributed by atoms with Crippen molar-refractivity contribution < 1.29 is 9.72 Å². The molecule has 0 aromatic heterocycles. The molecule has 0 fully saturated rings. The van der Waals surface area contributed by atoms with Crippen molar-refractivity contribution in [2.45, 2.75) is 26.8 Å². The summed E-state index contributed by atoms with van der Waals surface area (Å²) < 4.78 is 0. The van der Waals surface area contributed by atoms with Crippen LogP contribution >= 0.6 is 11.6 Å². The van der Waals surface area contributed by atoms with Gasteiger partial charge >= 0.3 is 0 Å². The number of nitro groups is 1. The highest BCUT2D eigenvalue weighted by atomic mass is 35.5. The second kappa shape index (κ2) is 6.53. The van der Waals surface area contributed by atoms with Crippen LogP contribution in [0, 0.1) is 16.0 Å². The van der Waals surface area contributed by atoms with E-state index >= 15 is 0 Å². The summed E-state index contributed by atoms with van der Waals surface area (Å²) in [7, 11) is 0. The molecule has 1 amide bonds. The van der Waals surface area contributed by atoms with Crippen molar-refractivity contribution in [2.24, 2.45) is 11.8 Å². The fourth-order valence-electron chi connectivity index (χ4n) is 1.47. The van der Waals surface area contributed by atoms with E-state index in [1.54, 1.807) is 0 Å². The SMILES string of the molecule is CC(C)C(C)NC(=O)c1cc(Cl)c(NN)c([N+](=O)[O-])c1. The van der Waals surface area contributed by atoms with E-state index in [9.17, 15) is 14.9 Å². The molecule has 0 aliphatic rings. The number of amides is 1. The number of nitro benzene ring substituents is 1. The molecular weight excluding hydrogens is 284 g/mol. The average molecular weight is 301 g/mol. The van der Waals surface area contributed by atoms with Crippen molar-refractivity contribution in [2.75, 3.05) is 5.43 Å². The Bertz CT molecular complexity index is 534. The van der Waals surface area contributed by atoms with Crippen molar-refractivity contribution in [3.63, 3.8) is 0 Å². The van der Waals surface area contributed by atoms with Crippen LogP contribution < -0.4 is 16.6 Å². The first-order valence-corrected chi connectivity index (χ1v) is 6.41. The average Bonchev–Trinajstić information content (AvgIpc) is 2.37. The molecule has 0 saturated heterocycles. The van der Waals surface area contributed by atoms with Gasteiger partial charge in [-0.15, -0.1) is 0 Å². The fourth-order valence-corrected chi connectivity index (χ4v) is 1.74. The number of anilines is 1. The van der Waals surface area contributed by atoms with Crippen molar-refractivity contribution in [1.29, 1.82) is 0 Å². The number of halogens is 1. The molecule has 0 aliphatic carbocycles. The van der Waals surface area contributed by atoms with E-state index in [1.165, 1.54) is 6.07 Å². The zero-order valence-corrected chi connectivity index (χ0v) is 12.2. The maximum absolute atomic E-state index is 12.0. The molecule has 0 spiro atoms. The largest absolute Gasteiger partial charge is 0.349 e. The monoisotopic (exact) mass is 300 g/mol. The number of nitrogens with one attached hydrogen (secondary N) is 2. The smallest absolute Gasteiger partial charge is 0.295 e. The van der Waals surface area contributed by atoms with Crippen molar-refractivity contribution >= 4 is 28.9 Å². The van der Waals surface area contributed by atoms with Gasteiger partial charge in [-0.1, -0.05) is 25.4 Å². The standard InChI is InChI=1S/C12H17ClN4O3/c1-6(2)7(3)15-12(18)8-4-9(13)11(16-14)10(5-8)17(19)20/h4-7,16H,14H2,1-3H3,(H,15,18). The number of nitrogens with two attached hydrogens (primary N) is 1. The van der Waals surface area contributed by atoms with Gasteiger partial charge in [0.15, 0.2) is 0 Å². The molecule has 1 aromatic carbocycles. The molecule has 8 heteroatoms. The lowest BCUT2D eigenvalue weighted by Gasteiger charge is -2.17. The third-order valence-corrected chi connectivity index (χ3v) is 3.33. The maximum Gasteiger partial charge on any atom is 0.295 e. The van der Waals surface area contributed by atoms with E-state index in [0.29, 0.717) is 0 Å². The maximum atomic E-state index is 12.0. The third kappa shape index (κ3) is 3.58. The molecule has 1 unspecified atom stereocenters. The summed E-state index contributed by atoms with van der Waals surface area (Å²) in [6.45, 7) is 5.78. The van der Waals surface area contributed by atoms with E-state index < -0.39 is 10.8 Å². The van der Waals surface area contributed by atoms with Crippen LogP contribution in [0.15, 0.2) is 12.1 Å². The van der Waals surface area contributed by atoms with Crippen LogP contribution in [0.1, 0.15) is 31.1 Å². The van der Waals surface area contributed by atoms with Gasteiger partial charge in [-0.25, -0.2) is 0 Å². The van der Waals surface area contributed by atoms with Crippen LogP contribution in [0.3, 0.4) is 0 Å². The predicted molar refractivity (Wildman–Crippen MR) is 77.7 cm³/mol. The minimum absolute atomic E-state index is 0.0176. The van der Waals surface area contributed by atoms with Gasteiger partial charge in [0.2, 0.25) is 0 Å². The van der Waals surface area contributed by atoms with Gasteiger partial charge in [-0.2, -0.15) is 0 Å². The highest BCUT2D eigenvalue weighted by Crippen LogP contribution is 2.33. The van der Waals surface area contributed by atoms with Crippen molar-refractivity contribution in [3.8, 4) is 0 Å². The minimum Gasteiger partial charge on any atom is -0.349 e. The zero-order chi connectivity index (χ0) is 15.4. The van der Waals surface area contributed by atoms with Crippen LogP contribution in [0.2, 0.25) is 5.02 Å². The topological polar surface area (TPSA) is 110 Å². The zero-order valence-electron chi connectivity index (χ0n) is 11.4. The minimum atomic E-state index is -0.649. The molecule has 0 heterocycles. The van der Waals surface area contributed by atoms with Crippen molar-refractivity contribution in [3.05, 3.63) is 32.8 Å². The lowest BCUT2D eigenvalue weighted by molar-refractivity contribution is -0.384. The molecule has 1 atom stereocenters. The number of nitrogen functional groups attached to an aromatic ring is 1. The molecule has 0 saturated carbocycles. The van der Waals surface area contributed by atoms with E-state index in [0.717, 1.165) is 6.07 Å². The molecular formula is C12H17ClN4O3. The molecule has 7 nitrogen and oxygen atoms in total. The Morgan fingerprint density at radius 1 is 1.40 bits per heavy atom. The number of benzene rings is 1. The molecule has 1 rings (SSSR count). The number of nitrogens with zero attached hydrogens (tertiary/aromatic N) is 1. The van der Waals surface area contributed by atoms with Crippen molar-refractivity contribution in [1.82, 2.24) is 5.32 Å². The number of rotatable bonds is 5. The normalized spacial score (nSPS) is 12.1. The molecule has 1 aromatic rings. The van der Waals surface area contributed by atoms with Crippen LogP contribution in [0.25, 0.3) is 0 Å². The molecule has 20 heavy (non-hydrogen) atoms. The number of hydrazine groups is 1. The molecule has 0 bridgehead atoms. The summed E-state index contributed by atoms with van der Waals surface area (Å²) in [5.74, 6) is 5.02. The number of hydrogen-bond acceptors (Lipinski definition) is 5. The van der Waals surface area contributed by atoms with Gasteiger partial charge in [0.25, 0.3) is 11.6 Å². The third-order valence-electron chi connectivity index (χ3n) is 3.03. The summed E-state index contributed by atoms with van der Waals surface area (Å²) in [6, 6.07) is 2.42. The van der Waals surface area contributed by atoms with Gasteiger partial charge in [-0.3, -0.25) is 20.8 Å². The number of carbonyl (C=O) groups excluding carboxylic acids is 1. The van der Waals surface area contributed by atoms with Crippen LogP contribution in [-0.2, 0) is 0 Å². The second-order valence-corrected chi connectivity index (χ2v) is 5.17. The summed E-state index contributed by atoms with van der Waals surface area (Å²) in [5.41, 5.74) is 1.92. The highest BCUT2D eigenvalue weighted by Gasteiger charge is 2.22. The van der Waals surface area contributed by atoms with Crippen LogP contribution in [0.4, 0.5) is 11.4 Å². The van der Waals surface area contributed by atoms with E-state index in [4.69, 9.17) is 17.4 Å². The summed E-state index contributed by atoms with van der Waals surface area (Å²) in [6.07, 6.45) is 0. The Labute approximate surface area is 121 Å². The fraction of sp³-hybridized carbons (Fsp3) is 0.417. The quantitative estimate of drug-likeness (QED) is 0.439. The molecule has 4 N–H and O–H groups in total. The Balaban J connectivity index is 3.14. The van der Waals surface area contributed by atoms with Crippen LogP contribution in [0.5, 0.6) is 0 Å². The van der Waals surface area contributed by atoms with Gasteiger partial charge < -0.3 is 10.7 Å². The Hall–Kier alpha value is -1.86. The Morgan fingerprint density at radius 3 is 2.45 bits per heavy atom. The van der Waals surface area contributed by atoms with E-state index in [1.807, 2.05) is 20.8 Å². The first-order chi connectivity index (χ1) is 9.27. The predicted octanol–water partition coefficient (Wildman–Crippen LogP) is 2.31. The summed E-state index contributed by atoms with van der Waals surface area (Å²) in [4.78, 5) is 22.4. The Kier molecular flexibility index (Phi) is 5.29. The van der Waals surface area contributed by atoms with Gasteiger partial charge in [-0.05, 0) is 18.9 Å². The number of hydrogen-bond donors (Lipinski definition) is 3. The summed E-state index contributed by atoms with van der Waals surface area (Å²) >= 11 is 5.89. The highest BCUT2D eigenvalue weighted by molar-refractivity contribution is 6.34. The molecule has 0 radical (unpaired) electrons. The first kappa shape index (κ1) is 16.2. The first-order valence-electron chi connectivity index (χ1n) is 6.03. The number of carbonyl (C=O) groups is 1. The Morgan fingerprint density at radius 2 is 2.00 bits per heavy atom. The van der Waals surface area contributed by atoms with E-state index in [2.05, 4.69) is 10.7 Å². The van der Waals surface area contributed by atoms with Gasteiger partial charge in [0, 0.05) is 17.7 Å².